The van der Waals surface area contributed by atoms with Crippen LogP contribution >= 0.6 is 22.6 Å². The molecule has 3 heteroatoms. The summed E-state index contributed by atoms with van der Waals surface area (Å²) in [6.07, 6.45) is 0. The van der Waals surface area contributed by atoms with Crippen molar-refractivity contribution < 1.29 is 4.79 Å². The Morgan fingerprint density at radius 3 is 2.14 bits per heavy atom. The highest BCUT2D eigenvalue weighted by Gasteiger charge is 2.29. The smallest absolute Gasteiger partial charge is 0.232 e. The highest BCUT2D eigenvalue weighted by atomic mass is 127. The van der Waals surface area contributed by atoms with Gasteiger partial charge in [-0.2, -0.15) is 0 Å². The van der Waals surface area contributed by atoms with Gasteiger partial charge in [-0.15, -0.1) is 0 Å². The van der Waals surface area contributed by atoms with E-state index in [4.69, 9.17) is 0 Å². The molecule has 0 bridgehead atoms. The van der Waals surface area contributed by atoms with Crippen LogP contribution in [0.15, 0.2) is 54.6 Å². The Hall–Kier alpha value is -1.36. The number of amides is 1. The summed E-state index contributed by atoms with van der Waals surface area (Å²) in [5.41, 5.74) is 1.70. The molecule has 2 aromatic rings. The second-order valence-electron chi connectivity index (χ2n) is 6.08. The summed E-state index contributed by atoms with van der Waals surface area (Å²) in [5.74, 6) is 0.135. The fourth-order valence-corrected chi connectivity index (χ4v) is 2.79. The van der Waals surface area contributed by atoms with Crippen LogP contribution in [0, 0.1) is 8.99 Å². The van der Waals surface area contributed by atoms with Crippen LogP contribution in [0.3, 0.4) is 0 Å². The van der Waals surface area contributed by atoms with Crippen LogP contribution in [0.1, 0.15) is 26.3 Å². The molecule has 110 valence electrons. The second-order valence-corrected chi connectivity index (χ2v) is 7.24. The monoisotopic (exact) mass is 393 g/mol. The molecule has 0 spiro atoms. The van der Waals surface area contributed by atoms with Crippen molar-refractivity contribution in [2.45, 2.75) is 27.3 Å². The topological polar surface area (TPSA) is 20.3 Å². The molecule has 2 aromatic carbocycles. The van der Waals surface area contributed by atoms with Crippen LogP contribution in [0.5, 0.6) is 0 Å². The van der Waals surface area contributed by atoms with Gasteiger partial charge in [0.2, 0.25) is 5.91 Å². The first-order valence-electron chi connectivity index (χ1n) is 7.00. The van der Waals surface area contributed by atoms with Crippen molar-refractivity contribution >= 4 is 34.2 Å². The second kappa shape index (κ2) is 6.60. The quantitative estimate of drug-likeness (QED) is 0.682. The number of carbonyl (C=O) groups is 1. The molecule has 1 amide bonds. The molecule has 0 saturated heterocycles. The summed E-state index contributed by atoms with van der Waals surface area (Å²) in [6.45, 7) is 6.48. The van der Waals surface area contributed by atoms with Crippen LogP contribution in [-0.2, 0) is 11.3 Å². The molecule has 0 radical (unpaired) electrons. The summed E-state index contributed by atoms with van der Waals surface area (Å²) in [4.78, 5) is 14.7. The predicted molar refractivity (Wildman–Crippen MR) is 96.2 cm³/mol. The van der Waals surface area contributed by atoms with Gasteiger partial charge in [0, 0.05) is 8.99 Å². The number of hydrogen-bond acceptors (Lipinski definition) is 1. The van der Waals surface area contributed by atoms with Gasteiger partial charge < -0.3 is 4.90 Å². The lowest BCUT2D eigenvalue weighted by atomic mass is 9.94. The third-order valence-electron chi connectivity index (χ3n) is 3.21. The van der Waals surface area contributed by atoms with E-state index in [1.807, 2.05) is 68.1 Å². The first-order chi connectivity index (χ1) is 9.89. The number of hydrogen-bond donors (Lipinski definition) is 0. The molecule has 2 rings (SSSR count). The molecular formula is C18H20INO. The number of benzene rings is 2. The number of anilines is 1. The van der Waals surface area contributed by atoms with Crippen molar-refractivity contribution in [3.63, 3.8) is 0 Å². The molecule has 0 atom stereocenters. The Morgan fingerprint density at radius 2 is 1.57 bits per heavy atom. The normalized spacial score (nSPS) is 11.2. The zero-order chi connectivity index (χ0) is 15.5. The number of carbonyl (C=O) groups excluding carboxylic acids is 1. The van der Waals surface area contributed by atoms with Crippen LogP contribution < -0.4 is 4.90 Å². The Labute approximate surface area is 140 Å². The summed E-state index contributed by atoms with van der Waals surface area (Å²) in [6, 6.07) is 18.1. The third-order valence-corrected chi connectivity index (χ3v) is 4.13. The molecule has 0 aliphatic heterocycles. The van der Waals surface area contributed by atoms with Crippen molar-refractivity contribution in [2.75, 3.05) is 4.90 Å². The van der Waals surface area contributed by atoms with E-state index in [0.29, 0.717) is 6.54 Å². The van der Waals surface area contributed by atoms with Crippen molar-refractivity contribution in [2.24, 2.45) is 5.41 Å². The van der Waals surface area contributed by atoms with Crippen molar-refractivity contribution in [3.05, 3.63) is 63.7 Å². The third kappa shape index (κ3) is 4.06. The zero-order valence-electron chi connectivity index (χ0n) is 12.6. The lowest BCUT2D eigenvalue weighted by Crippen LogP contribution is -2.39. The van der Waals surface area contributed by atoms with Gasteiger partial charge >= 0.3 is 0 Å². The first kappa shape index (κ1) is 16.0. The average molecular weight is 393 g/mol. The van der Waals surface area contributed by atoms with E-state index in [9.17, 15) is 4.79 Å². The molecule has 2 nitrogen and oxygen atoms in total. The van der Waals surface area contributed by atoms with Crippen molar-refractivity contribution in [1.82, 2.24) is 0 Å². The van der Waals surface area contributed by atoms with E-state index >= 15 is 0 Å². The van der Waals surface area contributed by atoms with Gasteiger partial charge in [0.25, 0.3) is 0 Å². The van der Waals surface area contributed by atoms with Crippen molar-refractivity contribution in [3.8, 4) is 0 Å². The Balaban J connectivity index is 2.40. The van der Waals surface area contributed by atoms with Gasteiger partial charge in [0.15, 0.2) is 0 Å². The maximum absolute atomic E-state index is 12.8. The van der Waals surface area contributed by atoms with Gasteiger partial charge in [-0.25, -0.2) is 0 Å². The standard InChI is InChI=1S/C18H20INO/c1-18(2,3)17(21)20(13-14-9-5-4-6-10-14)16-12-8-7-11-15(16)19/h4-12H,13H2,1-3H3. The molecule has 0 aliphatic rings. The maximum Gasteiger partial charge on any atom is 0.232 e. The Morgan fingerprint density at radius 1 is 1.00 bits per heavy atom. The van der Waals surface area contributed by atoms with E-state index < -0.39 is 5.41 Å². The molecule has 21 heavy (non-hydrogen) atoms. The summed E-state index contributed by atoms with van der Waals surface area (Å²) < 4.78 is 1.09. The average Bonchev–Trinajstić information content (AvgIpc) is 2.45. The van der Waals surface area contributed by atoms with E-state index in [0.717, 1.165) is 14.8 Å². The number of nitrogens with zero attached hydrogens (tertiary/aromatic N) is 1. The molecule has 0 aromatic heterocycles. The number of rotatable bonds is 3. The summed E-state index contributed by atoms with van der Waals surface area (Å²) in [5, 5.41) is 0. The predicted octanol–water partition coefficient (Wildman–Crippen LogP) is 4.87. The Kier molecular flexibility index (Phi) is 5.04. The molecule has 0 unspecified atom stereocenters. The van der Waals surface area contributed by atoms with E-state index in [1.54, 1.807) is 0 Å². The minimum Gasteiger partial charge on any atom is -0.306 e. The molecule has 0 aliphatic carbocycles. The van der Waals surface area contributed by atoms with Gasteiger partial charge in [-0.1, -0.05) is 63.2 Å². The Bertz CT molecular complexity index is 617. The zero-order valence-corrected chi connectivity index (χ0v) is 14.8. The van der Waals surface area contributed by atoms with Crippen LogP contribution in [0.4, 0.5) is 5.69 Å². The SMILES string of the molecule is CC(C)(C)C(=O)N(Cc1ccccc1)c1ccccc1I. The molecule has 0 N–H and O–H groups in total. The van der Waals surface area contributed by atoms with Crippen LogP contribution in [0.25, 0.3) is 0 Å². The summed E-state index contributed by atoms with van der Waals surface area (Å²) in [7, 11) is 0. The minimum absolute atomic E-state index is 0.135. The van der Waals surface area contributed by atoms with E-state index in [2.05, 4.69) is 34.7 Å². The van der Waals surface area contributed by atoms with E-state index in [-0.39, 0.29) is 5.91 Å². The fourth-order valence-electron chi connectivity index (χ4n) is 2.11. The van der Waals surface area contributed by atoms with Gasteiger partial charge in [0.05, 0.1) is 12.2 Å². The lowest BCUT2D eigenvalue weighted by molar-refractivity contribution is -0.125. The van der Waals surface area contributed by atoms with Crippen LogP contribution in [0.2, 0.25) is 0 Å². The van der Waals surface area contributed by atoms with Crippen molar-refractivity contribution in [1.29, 1.82) is 0 Å². The molecule has 0 fully saturated rings. The van der Waals surface area contributed by atoms with Gasteiger partial charge in [-0.05, 0) is 40.3 Å². The van der Waals surface area contributed by atoms with E-state index in [1.165, 1.54) is 0 Å². The maximum atomic E-state index is 12.8. The molecular weight excluding hydrogens is 373 g/mol. The minimum atomic E-state index is -0.409. The number of halogens is 1. The van der Waals surface area contributed by atoms with Crippen LogP contribution in [-0.4, -0.2) is 5.91 Å². The number of para-hydroxylation sites is 1. The fraction of sp³-hybridized carbons (Fsp3) is 0.278. The largest absolute Gasteiger partial charge is 0.306 e. The first-order valence-corrected chi connectivity index (χ1v) is 8.08. The molecule has 0 saturated carbocycles. The van der Waals surface area contributed by atoms with Gasteiger partial charge in [0.1, 0.15) is 0 Å². The highest BCUT2D eigenvalue weighted by molar-refractivity contribution is 14.1. The molecule has 0 heterocycles. The summed E-state index contributed by atoms with van der Waals surface area (Å²) >= 11 is 2.29. The highest BCUT2D eigenvalue weighted by Crippen LogP contribution is 2.28. The lowest BCUT2D eigenvalue weighted by Gasteiger charge is -2.30. The van der Waals surface area contributed by atoms with Gasteiger partial charge in [-0.3, -0.25) is 4.79 Å².